The summed E-state index contributed by atoms with van der Waals surface area (Å²) in [6, 6.07) is 7.73. The average molecular weight is 221 g/mol. The molecule has 0 bridgehead atoms. The molecule has 3 nitrogen and oxygen atoms in total. The fourth-order valence-electron chi connectivity index (χ4n) is 1.88. The van der Waals surface area contributed by atoms with Gasteiger partial charge in [0.05, 0.1) is 13.7 Å². The Bertz CT molecular complexity index is 348. The normalized spacial score (nSPS) is 16.9. The van der Waals surface area contributed by atoms with Gasteiger partial charge in [0.15, 0.2) is 0 Å². The van der Waals surface area contributed by atoms with Gasteiger partial charge in [0, 0.05) is 11.5 Å². The molecule has 2 N–H and O–H groups in total. The molecule has 16 heavy (non-hydrogen) atoms. The van der Waals surface area contributed by atoms with Crippen molar-refractivity contribution in [3.8, 4) is 11.5 Å². The molecule has 0 aliphatic heterocycles. The minimum Gasteiger partial charge on any atom is -0.497 e. The highest BCUT2D eigenvalue weighted by Crippen LogP contribution is 2.48. The summed E-state index contributed by atoms with van der Waals surface area (Å²) in [5.41, 5.74) is 5.95. The molecule has 0 atom stereocenters. The molecular formula is C13H19NO2. The SMILES string of the molecule is COc1cccc(OCC2(CCN)CC2)c1. The van der Waals surface area contributed by atoms with E-state index in [0.29, 0.717) is 5.41 Å². The molecule has 2 rings (SSSR count). The standard InChI is InChI=1S/C13H19NO2/c1-15-11-3-2-4-12(9-11)16-10-13(5-6-13)7-8-14/h2-4,9H,5-8,10,14H2,1H3. The third kappa shape index (κ3) is 2.67. The van der Waals surface area contributed by atoms with Gasteiger partial charge in [0.2, 0.25) is 0 Å². The minimum atomic E-state index is 0.359. The van der Waals surface area contributed by atoms with Crippen molar-refractivity contribution >= 4 is 0 Å². The molecular weight excluding hydrogens is 202 g/mol. The van der Waals surface area contributed by atoms with Gasteiger partial charge in [-0.3, -0.25) is 0 Å². The molecule has 0 aromatic heterocycles. The minimum absolute atomic E-state index is 0.359. The molecule has 1 aromatic rings. The van der Waals surface area contributed by atoms with Gasteiger partial charge < -0.3 is 15.2 Å². The summed E-state index contributed by atoms with van der Waals surface area (Å²) in [5, 5.41) is 0. The van der Waals surface area contributed by atoms with Crippen LogP contribution in [0.25, 0.3) is 0 Å². The van der Waals surface area contributed by atoms with Crippen LogP contribution in [0.5, 0.6) is 11.5 Å². The van der Waals surface area contributed by atoms with Crippen molar-refractivity contribution in [1.29, 1.82) is 0 Å². The predicted molar refractivity (Wildman–Crippen MR) is 63.8 cm³/mol. The molecule has 0 radical (unpaired) electrons. The van der Waals surface area contributed by atoms with Crippen molar-refractivity contribution in [2.45, 2.75) is 19.3 Å². The summed E-state index contributed by atoms with van der Waals surface area (Å²) in [6.07, 6.45) is 3.55. The maximum Gasteiger partial charge on any atom is 0.123 e. The zero-order valence-electron chi connectivity index (χ0n) is 9.74. The Balaban J connectivity index is 1.89. The molecule has 0 saturated heterocycles. The van der Waals surface area contributed by atoms with Gasteiger partial charge in [-0.2, -0.15) is 0 Å². The van der Waals surface area contributed by atoms with Gasteiger partial charge in [-0.15, -0.1) is 0 Å². The second-order valence-electron chi connectivity index (χ2n) is 4.51. The average Bonchev–Trinajstić information content (AvgIpc) is 3.08. The van der Waals surface area contributed by atoms with Gasteiger partial charge in [0.25, 0.3) is 0 Å². The van der Waals surface area contributed by atoms with Crippen LogP contribution in [0.4, 0.5) is 0 Å². The molecule has 0 spiro atoms. The van der Waals surface area contributed by atoms with Gasteiger partial charge in [-0.1, -0.05) is 6.07 Å². The van der Waals surface area contributed by atoms with E-state index in [1.54, 1.807) is 7.11 Å². The molecule has 1 fully saturated rings. The van der Waals surface area contributed by atoms with E-state index in [4.69, 9.17) is 15.2 Å². The fraction of sp³-hybridized carbons (Fsp3) is 0.538. The first-order chi connectivity index (χ1) is 7.78. The van der Waals surface area contributed by atoms with Gasteiger partial charge in [0.1, 0.15) is 11.5 Å². The summed E-state index contributed by atoms with van der Waals surface area (Å²) in [7, 11) is 1.66. The maximum atomic E-state index is 5.79. The van der Waals surface area contributed by atoms with Crippen LogP contribution in [-0.4, -0.2) is 20.3 Å². The zero-order chi connectivity index (χ0) is 11.4. The van der Waals surface area contributed by atoms with E-state index in [-0.39, 0.29) is 0 Å². The van der Waals surface area contributed by atoms with Gasteiger partial charge in [-0.05, 0) is 37.9 Å². The molecule has 1 aliphatic rings. The Morgan fingerprint density at radius 3 is 2.69 bits per heavy atom. The van der Waals surface area contributed by atoms with Crippen LogP contribution in [0.3, 0.4) is 0 Å². The van der Waals surface area contributed by atoms with E-state index >= 15 is 0 Å². The molecule has 0 heterocycles. The number of hydrogen-bond donors (Lipinski definition) is 1. The lowest BCUT2D eigenvalue weighted by molar-refractivity contribution is 0.226. The molecule has 88 valence electrons. The third-order valence-corrected chi connectivity index (χ3v) is 3.22. The van der Waals surface area contributed by atoms with Gasteiger partial charge >= 0.3 is 0 Å². The Kier molecular flexibility index (Phi) is 3.34. The van der Waals surface area contributed by atoms with Crippen molar-refractivity contribution in [1.82, 2.24) is 0 Å². The molecule has 1 saturated carbocycles. The summed E-state index contributed by atoms with van der Waals surface area (Å²) >= 11 is 0. The lowest BCUT2D eigenvalue weighted by atomic mass is 10.0. The predicted octanol–water partition coefficient (Wildman–Crippen LogP) is 2.20. The number of ether oxygens (including phenoxy) is 2. The highest BCUT2D eigenvalue weighted by atomic mass is 16.5. The van der Waals surface area contributed by atoms with E-state index in [1.165, 1.54) is 12.8 Å². The van der Waals surface area contributed by atoms with E-state index < -0.39 is 0 Å². The van der Waals surface area contributed by atoms with Crippen LogP contribution >= 0.6 is 0 Å². The number of methoxy groups -OCH3 is 1. The maximum absolute atomic E-state index is 5.79. The van der Waals surface area contributed by atoms with Crippen LogP contribution in [-0.2, 0) is 0 Å². The van der Waals surface area contributed by atoms with Crippen LogP contribution in [0.15, 0.2) is 24.3 Å². The fourth-order valence-corrected chi connectivity index (χ4v) is 1.88. The van der Waals surface area contributed by atoms with Crippen molar-refractivity contribution in [3.05, 3.63) is 24.3 Å². The van der Waals surface area contributed by atoms with Crippen molar-refractivity contribution in [3.63, 3.8) is 0 Å². The van der Waals surface area contributed by atoms with Crippen molar-refractivity contribution in [2.75, 3.05) is 20.3 Å². The summed E-state index contributed by atoms with van der Waals surface area (Å²) in [6.45, 7) is 1.53. The van der Waals surface area contributed by atoms with Crippen LogP contribution in [0.1, 0.15) is 19.3 Å². The summed E-state index contributed by atoms with van der Waals surface area (Å²) in [5.74, 6) is 1.71. The van der Waals surface area contributed by atoms with Gasteiger partial charge in [-0.25, -0.2) is 0 Å². The Hall–Kier alpha value is -1.22. The first-order valence-corrected chi connectivity index (χ1v) is 5.75. The topological polar surface area (TPSA) is 44.5 Å². The Labute approximate surface area is 96.5 Å². The molecule has 1 aromatic carbocycles. The molecule has 0 amide bonds. The largest absolute Gasteiger partial charge is 0.497 e. The lowest BCUT2D eigenvalue weighted by Gasteiger charge is -2.15. The van der Waals surface area contributed by atoms with Crippen molar-refractivity contribution < 1.29 is 9.47 Å². The Morgan fingerprint density at radius 2 is 2.06 bits per heavy atom. The summed E-state index contributed by atoms with van der Waals surface area (Å²) < 4.78 is 10.9. The molecule has 0 unspecified atom stereocenters. The number of benzene rings is 1. The third-order valence-electron chi connectivity index (χ3n) is 3.22. The molecule has 1 aliphatic carbocycles. The quantitative estimate of drug-likeness (QED) is 0.801. The summed E-state index contributed by atoms with van der Waals surface area (Å²) in [4.78, 5) is 0. The highest BCUT2D eigenvalue weighted by Gasteiger charge is 2.42. The second kappa shape index (κ2) is 4.74. The van der Waals surface area contributed by atoms with E-state index in [1.807, 2.05) is 24.3 Å². The van der Waals surface area contributed by atoms with E-state index in [9.17, 15) is 0 Å². The number of nitrogens with two attached hydrogens (primary N) is 1. The number of rotatable bonds is 6. The molecule has 3 heteroatoms. The number of hydrogen-bond acceptors (Lipinski definition) is 3. The van der Waals surface area contributed by atoms with Crippen LogP contribution < -0.4 is 15.2 Å². The second-order valence-corrected chi connectivity index (χ2v) is 4.51. The first-order valence-electron chi connectivity index (χ1n) is 5.75. The highest BCUT2D eigenvalue weighted by molar-refractivity contribution is 5.32. The lowest BCUT2D eigenvalue weighted by Crippen LogP contribution is -2.17. The first kappa shape index (κ1) is 11.3. The van der Waals surface area contributed by atoms with E-state index in [0.717, 1.165) is 31.1 Å². The van der Waals surface area contributed by atoms with E-state index in [2.05, 4.69) is 0 Å². The Morgan fingerprint density at radius 1 is 1.31 bits per heavy atom. The van der Waals surface area contributed by atoms with Crippen LogP contribution in [0.2, 0.25) is 0 Å². The smallest absolute Gasteiger partial charge is 0.123 e. The zero-order valence-corrected chi connectivity index (χ0v) is 9.74. The van der Waals surface area contributed by atoms with Crippen LogP contribution in [0, 0.1) is 5.41 Å². The van der Waals surface area contributed by atoms with Crippen molar-refractivity contribution in [2.24, 2.45) is 11.1 Å². The monoisotopic (exact) mass is 221 g/mol.